The number of amides is 1. The maximum absolute atomic E-state index is 12.8. The highest BCUT2D eigenvalue weighted by atomic mass is 16.5. The molecule has 0 radical (unpaired) electrons. The van der Waals surface area contributed by atoms with Gasteiger partial charge in [0.1, 0.15) is 17.6 Å². The predicted octanol–water partition coefficient (Wildman–Crippen LogP) is 4.09. The summed E-state index contributed by atoms with van der Waals surface area (Å²) in [6.45, 7) is -0.317. The lowest BCUT2D eigenvalue weighted by Gasteiger charge is -2.19. The summed E-state index contributed by atoms with van der Waals surface area (Å²) in [6.07, 6.45) is 6.93. The zero-order valence-corrected chi connectivity index (χ0v) is 17.1. The first kappa shape index (κ1) is 20.2. The molecule has 158 valence electrons. The molecule has 1 aromatic heterocycles. The molecule has 2 heterocycles. The Balaban J connectivity index is 1.44. The first-order valence-corrected chi connectivity index (χ1v) is 10.4. The number of rotatable bonds is 7. The van der Waals surface area contributed by atoms with E-state index in [1.807, 2.05) is 30.3 Å². The highest BCUT2D eigenvalue weighted by molar-refractivity contribution is 6.03. The second-order valence-corrected chi connectivity index (χ2v) is 7.76. The minimum atomic E-state index is -0.363. The van der Waals surface area contributed by atoms with Gasteiger partial charge in [-0.1, -0.05) is 12.8 Å². The molecule has 0 bridgehead atoms. The van der Waals surface area contributed by atoms with E-state index < -0.39 is 0 Å². The van der Waals surface area contributed by atoms with Crippen LogP contribution in [0.1, 0.15) is 55.9 Å². The van der Waals surface area contributed by atoms with Gasteiger partial charge in [-0.25, -0.2) is 5.01 Å². The molecule has 2 aliphatic rings. The normalized spacial score (nSPS) is 19.0. The minimum Gasteiger partial charge on any atom is -0.497 e. The Bertz CT molecular complexity index is 898. The topological polar surface area (TPSA) is 81.3 Å². The smallest absolute Gasteiger partial charge is 0.306 e. The van der Waals surface area contributed by atoms with Crippen LogP contribution in [0.2, 0.25) is 0 Å². The highest BCUT2D eigenvalue weighted by Gasteiger charge is 2.35. The van der Waals surface area contributed by atoms with Gasteiger partial charge >= 0.3 is 5.97 Å². The van der Waals surface area contributed by atoms with E-state index in [9.17, 15) is 9.59 Å². The van der Waals surface area contributed by atoms with Crippen molar-refractivity contribution in [2.75, 3.05) is 13.7 Å². The van der Waals surface area contributed by atoms with E-state index in [4.69, 9.17) is 13.9 Å². The lowest BCUT2D eigenvalue weighted by molar-refractivity contribution is -0.153. The molecular weight excluding hydrogens is 384 g/mol. The van der Waals surface area contributed by atoms with Crippen LogP contribution in [0, 0.1) is 5.92 Å². The van der Waals surface area contributed by atoms with Crippen molar-refractivity contribution >= 4 is 17.6 Å². The van der Waals surface area contributed by atoms with Crippen LogP contribution >= 0.6 is 0 Å². The summed E-state index contributed by atoms with van der Waals surface area (Å²) in [7, 11) is 1.61. The molecule has 7 heteroatoms. The first-order chi connectivity index (χ1) is 14.6. The summed E-state index contributed by atoms with van der Waals surface area (Å²) in [5.74, 6) is 1.10. The number of furan rings is 1. The van der Waals surface area contributed by atoms with Crippen LogP contribution in [0.5, 0.6) is 5.75 Å². The summed E-state index contributed by atoms with van der Waals surface area (Å²) >= 11 is 0. The zero-order valence-electron chi connectivity index (χ0n) is 17.1. The summed E-state index contributed by atoms with van der Waals surface area (Å²) in [4.78, 5) is 25.0. The maximum atomic E-state index is 12.8. The van der Waals surface area contributed by atoms with Gasteiger partial charge in [-0.3, -0.25) is 9.59 Å². The van der Waals surface area contributed by atoms with Crippen molar-refractivity contribution in [3.8, 4) is 5.75 Å². The van der Waals surface area contributed by atoms with Crippen LogP contribution in [-0.2, 0) is 14.3 Å². The third kappa shape index (κ3) is 4.56. The van der Waals surface area contributed by atoms with Crippen LogP contribution < -0.4 is 4.74 Å². The molecule has 0 spiro atoms. The highest BCUT2D eigenvalue weighted by Crippen LogP contribution is 2.33. The van der Waals surface area contributed by atoms with Crippen LogP contribution in [-0.4, -0.2) is 36.3 Å². The van der Waals surface area contributed by atoms with Gasteiger partial charge in [-0.2, -0.15) is 5.10 Å². The molecule has 4 rings (SSSR count). The fourth-order valence-electron chi connectivity index (χ4n) is 4.12. The summed E-state index contributed by atoms with van der Waals surface area (Å²) < 4.78 is 16.0. The molecular formula is C23H26N2O5. The fraction of sp³-hybridized carbons (Fsp3) is 0.435. The van der Waals surface area contributed by atoms with Gasteiger partial charge in [0.25, 0.3) is 5.91 Å². The van der Waals surface area contributed by atoms with Crippen molar-refractivity contribution in [3.63, 3.8) is 0 Å². The quantitative estimate of drug-likeness (QED) is 0.642. The van der Waals surface area contributed by atoms with Gasteiger partial charge in [-0.05, 0) is 60.7 Å². The van der Waals surface area contributed by atoms with Crippen molar-refractivity contribution in [2.45, 2.75) is 44.6 Å². The Hall–Kier alpha value is -3.09. The van der Waals surface area contributed by atoms with Crippen molar-refractivity contribution in [1.29, 1.82) is 0 Å². The number of hydrogen-bond acceptors (Lipinski definition) is 6. The lowest BCUT2D eigenvalue weighted by atomic mass is 10.0. The molecule has 1 aromatic carbocycles. The van der Waals surface area contributed by atoms with E-state index in [1.54, 1.807) is 19.4 Å². The number of carbonyl (C=O) groups excluding carboxylic acids is 2. The number of methoxy groups -OCH3 is 1. The number of nitrogens with zero attached hydrogens (tertiary/aromatic N) is 2. The van der Waals surface area contributed by atoms with Gasteiger partial charge in [0.05, 0.1) is 19.1 Å². The number of esters is 1. The number of hydrazone groups is 1. The van der Waals surface area contributed by atoms with Crippen LogP contribution in [0.3, 0.4) is 0 Å². The second kappa shape index (κ2) is 9.15. The fourth-order valence-corrected chi connectivity index (χ4v) is 4.12. The lowest BCUT2D eigenvalue weighted by Crippen LogP contribution is -2.31. The number of ether oxygens (including phenoxy) is 2. The molecule has 1 fully saturated rings. The Labute approximate surface area is 175 Å². The number of benzene rings is 1. The minimum absolute atomic E-state index is 0.316. The van der Waals surface area contributed by atoms with Crippen molar-refractivity contribution in [3.05, 3.63) is 54.0 Å². The maximum Gasteiger partial charge on any atom is 0.306 e. The van der Waals surface area contributed by atoms with Gasteiger partial charge in [-0.15, -0.1) is 0 Å². The zero-order chi connectivity index (χ0) is 20.9. The SMILES string of the molecule is COc1ccc(C2=NN(C(=O)COC(=O)CC3CCCC3)C(c3ccco3)C2)cc1. The number of hydrogen-bond donors (Lipinski definition) is 0. The van der Waals surface area contributed by atoms with E-state index in [1.165, 1.54) is 17.9 Å². The van der Waals surface area contributed by atoms with Crippen molar-refractivity contribution in [1.82, 2.24) is 5.01 Å². The van der Waals surface area contributed by atoms with Crippen LogP contribution in [0.4, 0.5) is 0 Å². The van der Waals surface area contributed by atoms with E-state index in [0.717, 1.165) is 29.9 Å². The van der Waals surface area contributed by atoms with Gasteiger partial charge in [0, 0.05) is 12.8 Å². The Kier molecular flexibility index (Phi) is 6.16. The molecule has 0 N–H and O–H groups in total. The molecule has 2 aromatic rings. The molecule has 1 atom stereocenters. The predicted molar refractivity (Wildman–Crippen MR) is 110 cm³/mol. The van der Waals surface area contributed by atoms with E-state index in [0.29, 0.717) is 24.5 Å². The monoisotopic (exact) mass is 410 g/mol. The van der Waals surface area contributed by atoms with Crippen molar-refractivity contribution in [2.24, 2.45) is 11.0 Å². The standard InChI is InChI=1S/C23H26N2O5/c1-28-18-10-8-17(9-11-18)19-14-20(21-7-4-12-29-21)25(24-19)22(26)15-30-23(27)13-16-5-2-3-6-16/h4,7-12,16,20H,2-3,5-6,13-15H2,1H3. The van der Waals surface area contributed by atoms with Crippen LogP contribution in [0.25, 0.3) is 0 Å². The Morgan fingerprint density at radius 1 is 1.17 bits per heavy atom. The molecule has 1 aliphatic carbocycles. The third-order valence-electron chi connectivity index (χ3n) is 5.75. The molecule has 1 unspecified atom stereocenters. The summed E-state index contributed by atoms with van der Waals surface area (Å²) in [6, 6.07) is 10.8. The Morgan fingerprint density at radius 2 is 1.93 bits per heavy atom. The molecule has 0 saturated heterocycles. The molecule has 7 nitrogen and oxygen atoms in total. The molecule has 30 heavy (non-hydrogen) atoms. The Morgan fingerprint density at radius 3 is 2.60 bits per heavy atom. The van der Waals surface area contributed by atoms with Gasteiger partial charge in [0.2, 0.25) is 0 Å². The molecule has 1 aliphatic heterocycles. The van der Waals surface area contributed by atoms with Gasteiger partial charge < -0.3 is 13.9 Å². The van der Waals surface area contributed by atoms with E-state index in [-0.39, 0.29) is 24.5 Å². The summed E-state index contributed by atoms with van der Waals surface area (Å²) in [5.41, 5.74) is 1.67. The second-order valence-electron chi connectivity index (χ2n) is 7.76. The van der Waals surface area contributed by atoms with Crippen LogP contribution in [0.15, 0.2) is 52.2 Å². The van der Waals surface area contributed by atoms with E-state index in [2.05, 4.69) is 5.10 Å². The largest absolute Gasteiger partial charge is 0.497 e. The molecule has 1 saturated carbocycles. The van der Waals surface area contributed by atoms with Gasteiger partial charge in [0.15, 0.2) is 6.61 Å². The average molecular weight is 410 g/mol. The first-order valence-electron chi connectivity index (χ1n) is 10.4. The average Bonchev–Trinajstić information content (AvgIpc) is 3.53. The van der Waals surface area contributed by atoms with E-state index >= 15 is 0 Å². The molecule has 1 amide bonds. The summed E-state index contributed by atoms with van der Waals surface area (Å²) in [5, 5.41) is 5.92. The number of carbonyl (C=O) groups is 2. The van der Waals surface area contributed by atoms with Crippen molar-refractivity contribution < 1.29 is 23.5 Å². The third-order valence-corrected chi connectivity index (χ3v) is 5.75.